The molecular formula is C32H31BrClN3O7S. The topological polar surface area (TPSA) is 116 Å². The van der Waals surface area contributed by atoms with Crippen molar-refractivity contribution >= 4 is 55.4 Å². The average molecular weight is 717 g/mol. The summed E-state index contributed by atoms with van der Waals surface area (Å²) in [5, 5.41) is 4.63. The number of nitrogens with zero attached hydrogens (tertiary/aromatic N) is 2. The molecular weight excluding hydrogens is 686 g/mol. The highest BCUT2D eigenvalue weighted by atomic mass is 79.9. The van der Waals surface area contributed by atoms with E-state index in [9.17, 15) is 13.2 Å². The van der Waals surface area contributed by atoms with Crippen LogP contribution in [0.1, 0.15) is 16.7 Å². The number of halogens is 2. The quantitative estimate of drug-likeness (QED) is 0.127. The number of hydrogen-bond acceptors (Lipinski definition) is 8. The van der Waals surface area contributed by atoms with Crippen LogP contribution >= 0.6 is 27.5 Å². The summed E-state index contributed by atoms with van der Waals surface area (Å²) in [5.74, 6) is 0.800. The zero-order valence-corrected chi connectivity index (χ0v) is 28.1. The number of amides is 1. The van der Waals surface area contributed by atoms with Crippen molar-refractivity contribution in [2.45, 2.75) is 18.4 Å². The highest BCUT2D eigenvalue weighted by Crippen LogP contribution is 2.38. The van der Waals surface area contributed by atoms with Gasteiger partial charge >= 0.3 is 0 Å². The molecule has 4 rings (SSSR count). The van der Waals surface area contributed by atoms with Crippen molar-refractivity contribution in [1.82, 2.24) is 5.43 Å². The molecule has 45 heavy (non-hydrogen) atoms. The molecule has 0 unspecified atom stereocenters. The van der Waals surface area contributed by atoms with Crippen molar-refractivity contribution in [1.29, 1.82) is 0 Å². The van der Waals surface area contributed by atoms with E-state index in [4.69, 9.17) is 30.5 Å². The number of benzene rings is 4. The first-order chi connectivity index (χ1) is 21.6. The van der Waals surface area contributed by atoms with Gasteiger partial charge in [0.05, 0.1) is 42.6 Å². The highest BCUT2D eigenvalue weighted by molar-refractivity contribution is 9.10. The molecule has 1 N–H and O–H groups in total. The Kier molecular flexibility index (Phi) is 11.3. The molecule has 4 aromatic carbocycles. The molecule has 0 bridgehead atoms. The van der Waals surface area contributed by atoms with Gasteiger partial charge in [-0.05, 0) is 70.9 Å². The smallest absolute Gasteiger partial charge is 0.264 e. The van der Waals surface area contributed by atoms with Gasteiger partial charge in [0, 0.05) is 16.7 Å². The summed E-state index contributed by atoms with van der Waals surface area (Å²) in [5.41, 5.74) is 4.80. The number of methoxy groups -OCH3 is 3. The van der Waals surface area contributed by atoms with Crippen LogP contribution in [-0.2, 0) is 21.4 Å². The van der Waals surface area contributed by atoms with Crippen molar-refractivity contribution in [3.63, 3.8) is 0 Å². The van der Waals surface area contributed by atoms with Gasteiger partial charge in [0.1, 0.15) is 24.7 Å². The Labute approximate surface area is 275 Å². The molecule has 0 aromatic heterocycles. The maximum absolute atomic E-state index is 13.8. The summed E-state index contributed by atoms with van der Waals surface area (Å²) in [4.78, 5) is 13.1. The van der Waals surface area contributed by atoms with E-state index in [1.54, 1.807) is 42.5 Å². The third kappa shape index (κ3) is 8.27. The van der Waals surface area contributed by atoms with Gasteiger partial charge in [-0.2, -0.15) is 5.10 Å². The Morgan fingerprint density at radius 2 is 1.67 bits per heavy atom. The number of rotatable bonds is 13. The molecule has 1 amide bonds. The maximum Gasteiger partial charge on any atom is 0.264 e. The summed E-state index contributed by atoms with van der Waals surface area (Å²) >= 11 is 9.75. The molecule has 0 saturated heterocycles. The van der Waals surface area contributed by atoms with Crippen LogP contribution in [0.5, 0.6) is 23.0 Å². The van der Waals surface area contributed by atoms with Gasteiger partial charge in [0.15, 0.2) is 11.5 Å². The monoisotopic (exact) mass is 715 g/mol. The third-order valence-electron chi connectivity index (χ3n) is 6.54. The van der Waals surface area contributed by atoms with E-state index >= 15 is 0 Å². The highest BCUT2D eigenvalue weighted by Gasteiger charge is 2.30. The lowest BCUT2D eigenvalue weighted by Gasteiger charge is -2.25. The van der Waals surface area contributed by atoms with E-state index in [0.717, 1.165) is 15.4 Å². The number of hydrogen-bond donors (Lipinski definition) is 1. The molecule has 0 saturated carbocycles. The van der Waals surface area contributed by atoms with Crippen LogP contribution in [0, 0.1) is 6.92 Å². The fraction of sp³-hybridized carbons (Fsp3) is 0.188. The number of aryl methyl sites for hydroxylation is 1. The van der Waals surface area contributed by atoms with Gasteiger partial charge in [-0.25, -0.2) is 13.8 Å². The van der Waals surface area contributed by atoms with E-state index in [-0.39, 0.29) is 22.9 Å². The van der Waals surface area contributed by atoms with Crippen LogP contribution in [-0.4, -0.2) is 48.4 Å². The van der Waals surface area contributed by atoms with E-state index in [0.29, 0.717) is 32.3 Å². The summed E-state index contributed by atoms with van der Waals surface area (Å²) < 4.78 is 51.4. The van der Waals surface area contributed by atoms with Gasteiger partial charge in [0.2, 0.25) is 0 Å². The lowest BCUT2D eigenvalue weighted by molar-refractivity contribution is -0.119. The number of carbonyl (C=O) groups excluding carboxylic acids is 1. The number of hydrazone groups is 1. The van der Waals surface area contributed by atoms with E-state index in [2.05, 4.69) is 26.5 Å². The maximum atomic E-state index is 13.8. The van der Waals surface area contributed by atoms with Crippen molar-refractivity contribution < 1.29 is 32.2 Å². The molecule has 0 fully saturated rings. The summed E-state index contributed by atoms with van der Waals surface area (Å²) in [6.45, 7) is 1.47. The lowest BCUT2D eigenvalue weighted by atomic mass is 10.2. The second-order valence-electron chi connectivity index (χ2n) is 9.57. The molecule has 0 aliphatic heterocycles. The Bertz CT molecular complexity index is 1800. The Morgan fingerprint density at radius 3 is 2.33 bits per heavy atom. The first kappa shape index (κ1) is 33.6. The molecule has 236 valence electrons. The van der Waals surface area contributed by atoms with Crippen LogP contribution in [0.2, 0.25) is 5.02 Å². The van der Waals surface area contributed by atoms with Crippen molar-refractivity contribution in [3.8, 4) is 23.0 Å². The number of ether oxygens (including phenoxy) is 4. The number of carbonyl (C=O) groups is 1. The molecule has 0 spiro atoms. The average Bonchev–Trinajstić information content (AvgIpc) is 3.03. The second kappa shape index (κ2) is 15.2. The minimum atomic E-state index is -4.21. The molecule has 0 heterocycles. The van der Waals surface area contributed by atoms with Crippen LogP contribution in [0.3, 0.4) is 0 Å². The van der Waals surface area contributed by atoms with Crippen LogP contribution in [0.4, 0.5) is 5.69 Å². The lowest BCUT2D eigenvalue weighted by Crippen LogP contribution is -2.39. The largest absolute Gasteiger partial charge is 0.497 e. The zero-order valence-electron chi connectivity index (χ0n) is 24.9. The summed E-state index contributed by atoms with van der Waals surface area (Å²) in [6, 6.07) is 21.8. The minimum Gasteiger partial charge on any atom is -0.497 e. The standard InChI is InChI=1S/C32H31BrClN3O7S/c1-21-9-12-25(13-10-21)45(39,40)37(28-17-24(41-2)11-14-29(28)42-3)19-31(38)36-35-18-22-15-26(33)32(30(16-22)43-4)44-20-23-7-5-6-8-27(23)34/h5-18H,19-20H2,1-4H3,(H,36,38)/b35-18+. The number of nitrogens with one attached hydrogen (secondary N) is 1. The van der Waals surface area contributed by atoms with Gasteiger partial charge in [-0.3, -0.25) is 9.10 Å². The Hall–Kier alpha value is -4.26. The molecule has 0 aliphatic rings. The molecule has 10 nitrogen and oxygen atoms in total. The van der Waals surface area contributed by atoms with Gasteiger partial charge in [-0.15, -0.1) is 0 Å². The molecule has 0 radical (unpaired) electrons. The van der Waals surface area contributed by atoms with Crippen LogP contribution in [0.15, 0.2) is 93.3 Å². The number of anilines is 1. The predicted molar refractivity (Wildman–Crippen MR) is 177 cm³/mol. The van der Waals surface area contributed by atoms with Crippen molar-refractivity contribution in [2.24, 2.45) is 5.10 Å². The van der Waals surface area contributed by atoms with Crippen LogP contribution in [0.25, 0.3) is 0 Å². The third-order valence-corrected chi connectivity index (χ3v) is 9.27. The second-order valence-corrected chi connectivity index (χ2v) is 12.7. The zero-order chi connectivity index (χ0) is 32.6. The fourth-order valence-corrected chi connectivity index (χ4v) is 6.38. The van der Waals surface area contributed by atoms with Crippen molar-refractivity contribution in [2.75, 3.05) is 32.2 Å². The van der Waals surface area contributed by atoms with Crippen molar-refractivity contribution in [3.05, 3.63) is 105 Å². The van der Waals surface area contributed by atoms with Crippen LogP contribution < -0.4 is 28.7 Å². The van der Waals surface area contributed by atoms with Gasteiger partial charge in [-0.1, -0.05) is 47.5 Å². The fourth-order valence-electron chi connectivity index (χ4n) is 4.19. The normalized spacial score (nSPS) is 11.2. The van der Waals surface area contributed by atoms with E-state index < -0.39 is 22.5 Å². The predicted octanol–water partition coefficient (Wildman–Crippen LogP) is 6.36. The molecule has 13 heteroatoms. The van der Waals surface area contributed by atoms with Gasteiger partial charge in [0.25, 0.3) is 15.9 Å². The first-order valence-corrected chi connectivity index (χ1v) is 16.1. The number of sulfonamides is 1. The van der Waals surface area contributed by atoms with E-state index in [1.807, 2.05) is 25.1 Å². The van der Waals surface area contributed by atoms with Gasteiger partial charge < -0.3 is 18.9 Å². The van der Waals surface area contributed by atoms with E-state index in [1.165, 1.54) is 45.7 Å². The minimum absolute atomic E-state index is 0.00284. The molecule has 0 aliphatic carbocycles. The molecule has 0 atom stereocenters. The Balaban J connectivity index is 1.55. The molecule has 4 aromatic rings. The summed E-state index contributed by atoms with van der Waals surface area (Å²) in [7, 11) is 0.158. The summed E-state index contributed by atoms with van der Waals surface area (Å²) in [6.07, 6.45) is 1.40. The SMILES string of the molecule is COc1ccc(OC)c(N(CC(=O)N/N=C/c2cc(Br)c(OCc3ccccc3Cl)c(OC)c2)S(=O)(=O)c2ccc(C)cc2)c1. The Morgan fingerprint density at radius 1 is 0.956 bits per heavy atom. The first-order valence-electron chi connectivity index (χ1n) is 13.4.